The molecular weight excluding hydrogens is 240 g/mol. The maximum Gasteiger partial charge on any atom is 0.151 e. The SMILES string of the molecule is CCS(=O)(=O)CCN1CC(CN)OC(C)(C)C1. The van der Waals surface area contributed by atoms with Gasteiger partial charge in [0, 0.05) is 31.9 Å². The second-order valence-electron chi connectivity index (χ2n) is 5.21. The van der Waals surface area contributed by atoms with Crippen LogP contribution in [-0.4, -0.2) is 62.7 Å². The summed E-state index contributed by atoms with van der Waals surface area (Å²) in [4.78, 5) is 2.13. The lowest BCUT2D eigenvalue weighted by Crippen LogP contribution is -2.55. The Morgan fingerprint density at radius 3 is 2.65 bits per heavy atom. The zero-order valence-electron chi connectivity index (χ0n) is 11.0. The molecule has 17 heavy (non-hydrogen) atoms. The van der Waals surface area contributed by atoms with Gasteiger partial charge in [0.15, 0.2) is 9.84 Å². The predicted molar refractivity (Wildman–Crippen MR) is 68.8 cm³/mol. The molecule has 0 aromatic carbocycles. The number of nitrogens with two attached hydrogens (primary N) is 1. The van der Waals surface area contributed by atoms with Gasteiger partial charge in [-0.2, -0.15) is 0 Å². The largest absolute Gasteiger partial charge is 0.368 e. The molecule has 0 bridgehead atoms. The van der Waals surface area contributed by atoms with E-state index in [1.165, 1.54) is 0 Å². The highest BCUT2D eigenvalue weighted by atomic mass is 32.2. The fourth-order valence-electron chi connectivity index (χ4n) is 2.12. The third-order valence-corrected chi connectivity index (χ3v) is 4.66. The third kappa shape index (κ3) is 4.91. The van der Waals surface area contributed by atoms with Gasteiger partial charge in [0.25, 0.3) is 0 Å². The van der Waals surface area contributed by atoms with Crippen LogP contribution in [0.1, 0.15) is 20.8 Å². The molecule has 1 fully saturated rings. The van der Waals surface area contributed by atoms with Crippen LogP contribution in [0.5, 0.6) is 0 Å². The number of hydrogen-bond donors (Lipinski definition) is 1. The van der Waals surface area contributed by atoms with Crippen molar-refractivity contribution in [2.24, 2.45) is 5.73 Å². The Labute approximate surface area is 104 Å². The molecule has 1 saturated heterocycles. The lowest BCUT2D eigenvalue weighted by atomic mass is 10.1. The van der Waals surface area contributed by atoms with E-state index < -0.39 is 9.84 Å². The summed E-state index contributed by atoms with van der Waals surface area (Å²) in [5.41, 5.74) is 5.37. The topological polar surface area (TPSA) is 72.6 Å². The van der Waals surface area contributed by atoms with Crippen LogP contribution in [-0.2, 0) is 14.6 Å². The first-order chi connectivity index (χ1) is 7.78. The Bertz CT molecular complexity index is 341. The van der Waals surface area contributed by atoms with E-state index in [1.807, 2.05) is 13.8 Å². The summed E-state index contributed by atoms with van der Waals surface area (Å²) in [7, 11) is -2.89. The van der Waals surface area contributed by atoms with Gasteiger partial charge in [0.1, 0.15) is 0 Å². The Morgan fingerprint density at radius 1 is 1.47 bits per heavy atom. The molecule has 0 radical (unpaired) electrons. The van der Waals surface area contributed by atoms with Gasteiger partial charge in [-0.3, -0.25) is 4.90 Å². The zero-order valence-corrected chi connectivity index (χ0v) is 11.8. The minimum Gasteiger partial charge on any atom is -0.368 e. The molecule has 102 valence electrons. The molecule has 2 N–H and O–H groups in total. The van der Waals surface area contributed by atoms with Gasteiger partial charge in [0.2, 0.25) is 0 Å². The van der Waals surface area contributed by atoms with Crippen molar-refractivity contribution in [2.45, 2.75) is 32.5 Å². The summed E-state index contributed by atoms with van der Waals surface area (Å²) in [6, 6.07) is 0. The van der Waals surface area contributed by atoms with Crippen molar-refractivity contribution >= 4 is 9.84 Å². The van der Waals surface area contributed by atoms with Crippen LogP contribution in [0.25, 0.3) is 0 Å². The Hall–Kier alpha value is -0.170. The molecule has 0 spiro atoms. The van der Waals surface area contributed by atoms with Gasteiger partial charge >= 0.3 is 0 Å². The van der Waals surface area contributed by atoms with Crippen LogP contribution < -0.4 is 5.73 Å². The molecule has 0 saturated carbocycles. The normalized spacial score (nSPS) is 26.0. The van der Waals surface area contributed by atoms with E-state index in [-0.39, 0.29) is 23.2 Å². The molecule has 1 atom stereocenters. The fraction of sp³-hybridized carbons (Fsp3) is 1.00. The van der Waals surface area contributed by atoms with Crippen molar-refractivity contribution in [3.05, 3.63) is 0 Å². The van der Waals surface area contributed by atoms with Crippen LogP contribution in [0.3, 0.4) is 0 Å². The van der Waals surface area contributed by atoms with Crippen molar-refractivity contribution in [1.82, 2.24) is 4.90 Å². The lowest BCUT2D eigenvalue weighted by Gasteiger charge is -2.42. The van der Waals surface area contributed by atoms with E-state index in [0.29, 0.717) is 13.1 Å². The van der Waals surface area contributed by atoms with Crippen molar-refractivity contribution in [3.8, 4) is 0 Å². The summed E-state index contributed by atoms with van der Waals surface area (Å²) in [5, 5.41) is 0. The van der Waals surface area contributed by atoms with Crippen molar-refractivity contribution in [2.75, 3.05) is 37.7 Å². The molecular formula is C11H24N2O3S. The Kier molecular flexibility index (Phi) is 4.95. The first-order valence-corrected chi connectivity index (χ1v) is 7.91. The zero-order chi connectivity index (χ0) is 13.1. The summed E-state index contributed by atoms with van der Waals surface area (Å²) in [6.45, 7) is 8.22. The van der Waals surface area contributed by atoms with Crippen LogP contribution in [0.2, 0.25) is 0 Å². The van der Waals surface area contributed by atoms with E-state index in [0.717, 1.165) is 13.1 Å². The monoisotopic (exact) mass is 264 g/mol. The Morgan fingerprint density at radius 2 is 2.12 bits per heavy atom. The molecule has 1 heterocycles. The number of morpholine rings is 1. The molecule has 6 heteroatoms. The number of ether oxygens (including phenoxy) is 1. The summed E-state index contributed by atoms with van der Waals surface area (Å²) in [6.07, 6.45) is 0.00285. The van der Waals surface area contributed by atoms with E-state index in [1.54, 1.807) is 6.92 Å². The minimum absolute atomic E-state index is 0.00285. The molecule has 0 aromatic heterocycles. The summed E-state index contributed by atoms with van der Waals surface area (Å²) in [5.74, 6) is 0.428. The van der Waals surface area contributed by atoms with E-state index in [9.17, 15) is 8.42 Å². The maximum atomic E-state index is 11.5. The highest BCUT2D eigenvalue weighted by molar-refractivity contribution is 7.91. The second-order valence-corrected chi connectivity index (χ2v) is 7.68. The molecule has 5 nitrogen and oxygen atoms in total. The van der Waals surface area contributed by atoms with Crippen molar-refractivity contribution in [1.29, 1.82) is 0 Å². The standard InChI is InChI=1S/C11H24N2O3S/c1-4-17(14,15)6-5-13-8-10(7-12)16-11(2,3)9-13/h10H,4-9,12H2,1-3H3. The molecule has 0 aliphatic carbocycles. The first kappa shape index (κ1) is 14.9. The van der Waals surface area contributed by atoms with E-state index >= 15 is 0 Å². The van der Waals surface area contributed by atoms with Crippen LogP contribution in [0, 0.1) is 0 Å². The minimum atomic E-state index is -2.89. The van der Waals surface area contributed by atoms with Crippen LogP contribution in [0.4, 0.5) is 0 Å². The van der Waals surface area contributed by atoms with Gasteiger partial charge in [-0.1, -0.05) is 6.92 Å². The summed E-state index contributed by atoms with van der Waals surface area (Å²) >= 11 is 0. The number of rotatable bonds is 5. The first-order valence-electron chi connectivity index (χ1n) is 6.08. The molecule has 1 aliphatic heterocycles. The third-order valence-electron chi connectivity index (χ3n) is 2.97. The van der Waals surface area contributed by atoms with Crippen molar-refractivity contribution < 1.29 is 13.2 Å². The molecule has 0 aromatic rings. The van der Waals surface area contributed by atoms with Gasteiger partial charge in [-0.15, -0.1) is 0 Å². The van der Waals surface area contributed by atoms with E-state index in [4.69, 9.17) is 10.5 Å². The van der Waals surface area contributed by atoms with Gasteiger partial charge in [-0.25, -0.2) is 8.42 Å². The lowest BCUT2D eigenvalue weighted by molar-refractivity contribution is -0.130. The van der Waals surface area contributed by atoms with E-state index in [2.05, 4.69) is 4.90 Å². The molecule has 1 aliphatic rings. The fourth-order valence-corrected chi connectivity index (χ4v) is 2.95. The highest BCUT2D eigenvalue weighted by Gasteiger charge is 2.32. The number of hydrogen-bond acceptors (Lipinski definition) is 5. The van der Waals surface area contributed by atoms with Crippen LogP contribution in [0.15, 0.2) is 0 Å². The summed E-state index contributed by atoms with van der Waals surface area (Å²) < 4.78 is 28.7. The number of sulfone groups is 1. The highest BCUT2D eigenvalue weighted by Crippen LogP contribution is 2.20. The average molecular weight is 264 g/mol. The van der Waals surface area contributed by atoms with Crippen LogP contribution >= 0.6 is 0 Å². The smallest absolute Gasteiger partial charge is 0.151 e. The molecule has 1 rings (SSSR count). The van der Waals surface area contributed by atoms with Gasteiger partial charge in [-0.05, 0) is 13.8 Å². The maximum absolute atomic E-state index is 11.5. The molecule has 0 amide bonds. The average Bonchev–Trinajstić information content (AvgIpc) is 2.24. The second kappa shape index (κ2) is 5.65. The van der Waals surface area contributed by atoms with Gasteiger partial charge < -0.3 is 10.5 Å². The predicted octanol–water partition coefficient (Wildman–Crippen LogP) is -0.141. The quantitative estimate of drug-likeness (QED) is 0.748. The van der Waals surface area contributed by atoms with Crippen molar-refractivity contribution in [3.63, 3.8) is 0 Å². The number of nitrogens with zero attached hydrogens (tertiary/aromatic N) is 1. The van der Waals surface area contributed by atoms with Gasteiger partial charge in [0.05, 0.1) is 17.5 Å². The Balaban J connectivity index is 2.54. The molecule has 1 unspecified atom stereocenters.